The average molecular weight is 470 g/mol. The fraction of sp³-hybridized carbons (Fsp3) is 0.379. The molecule has 1 aliphatic heterocycles. The Morgan fingerprint density at radius 2 is 1.43 bits per heavy atom. The maximum absolute atomic E-state index is 13.7. The minimum Gasteiger partial charge on any atom is -0.453 e. The number of carbonyl (C=O) groups is 4. The van der Waals surface area contributed by atoms with Gasteiger partial charge >= 0.3 is 5.97 Å². The van der Waals surface area contributed by atoms with Crippen molar-refractivity contribution in [1.82, 2.24) is 4.90 Å². The monoisotopic (exact) mass is 469 g/mol. The lowest BCUT2D eigenvalue weighted by atomic mass is 9.63. The van der Waals surface area contributed by atoms with Crippen molar-refractivity contribution in [3.8, 4) is 0 Å². The first-order chi connectivity index (χ1) is 17.0. The predicted molar refractivity (Wildman–Crippen MR) is 127 cm³/mol. The van der Waals surface area contributed by atoms with E-state index in [4.69, 9.17) is 4.74 Å². The molecule has 6 heteroatoms. The lowest BCUT2D eigenvalue weighted by Gasteiger charge is -2.37. The van der Waals surface area contributed by atoms with Crippen LogP contribution in [0.5, 0.6) is 0 Å². The van der Waals surface area contributed by atoms with Crippen LogP contribution in [0.25, 0.3) is 0 Å². The van der Waals surface area contributed by atoms with Crippen molar-refractivity contribution >= 4 is 23.6 Å². The quantitative estimate of drug-likeness (QED) is 0.269. The van der Waals surface area contributed by atoms with Gasteiger partial charge in [-0.2, -0.15) is 0 Å². The van der Waals surface area contributed by atoms with Gasteiger partial charge in [0.2, 0.25) is 17.6 Å². The molecule has 1 heterocycles. The Morgan fingerprint density at radius 3 is 2.00 bits per heavy atom. The van der Waals surface area contributed by atoms with Gasteiger partial charge in [-0.05, 0) is 42.6 Å². The fourth-order valence-electron chi connectivity index (χ4n) is 6.55. The van der Waals surface area contributed by atoms with Crippen LogP contribution >= 0.6 is 0 Å². The molecule has 2 aromatic rings. The SMILES string of the molecule is C[C@H](OC(=O)[C@H](Cc1ccccc1)N1C(=O)[C@@H]2[C@H]3C=C[C@@H]([C@@H]4C[C@@H]34)[C@H]2C1=O)C(=O)c1ccccc1. The Bertz CT molecular complexity index is 1190. The van der Waals surface area contributed by atoms with Crippen LogP contribution in [0.1, 0.15) is 29.3 Å². The zero-order chi connectivity index (χ0) is 24.3. The number of hydrogen-bond donors (Lipinski definition) is 0. The van der Waals surface area contributed by atoms with E-state index in [-0.39, 0.29) is 35.9 Å². The Labute approximate surface area is 203 Å². The van der Waals surface area contributed by atoms with Gasteiger partial charge in [-0.25, -0.2) is 4.79 Å². The molecule has 8 atom stereocenters. The molecule has 4 aliphatic carbocycles. The first kappa shape index (κ1) is 22.0. The normalized spacial score (nSPS) is 31.5. The average Bonchev–Trinajstić information content (AvgIpc) is 3.67. The first-order valence-electron chi connectivity index (χ1n) is 12.3. The molecule has 0 unspecified atom stereocenters. The smallest absolute Gasteiger partial charge is 0.330 e. The second-order valence-corrected chi connectivity index (χ2v) is 10.2. The van der Waals surface area contributed by atoms with Gasteiger partial charge in [-0.15, -0.1) is 0 Å². The summed E-state index contributed by atoms with van der Waals surface area (Å²) in [6.45, 7) is 1.53. The van der Waals surface area contributed by atoms with Crippen molar-refractivity contribution in [3.05, 3.63) is 83.9 Å². The van der Waals surface area contributed by atoms with E-state index in [0.717, 1.165) is 12.0 Å². The summed E-state index contributed by atoms with van der Waals surface area (Å²) in [6, 6.07) is 16.8. The highest BCUT2D eigenvalue weighted by Gasteiger charge is 2.68. The highest BCUT2D eigenvalue weighted by atomic mass is 16.5. The number of imide groups is 1. The highest BCUT2D eigenvalue weighted by molar-refractivity contribution is 6.09. The summed E-state index contributed by atoms with van der Waals surface area (Å²) in [6.07, 6.45) is 4.41. The fourth-order valence-corrected chi connectivity index (χ4v) is 6.55. The largest absolute Gasteiger partial charge is 0.453 e. The number of ether oxygens (including phenoxy) is 1. The molecule has 35 heavy (non-hydrogen) atoms. The molecule has 178 valence electrons. The lowest BCUT2D eigenvalue weighted by Crippen LogP contribution is -2.49. The second kappa shape index (κ2) is 8.29. The molecule has 0 radical (unpaired) electrons. The number of nitrogens with zero attached hydrogens (tertiary/aromatic N) is 1. The maximum atomic E-state index is 13.7. The van der Waals surface area contributed by atoms with E-state index >= 15 is 0 Å². The van der Waals surface area contributed by atoms with E-state index in [9.17, 15) is 19.2 Å². The van der Waals surface area contributed by atoms with Crippen LogP contribution in [0.4, 0.5) is 0 Å². The number of hydrogen-bond acceptors (Lipinski definition) is 5. The molecule has 1 saturated heterocycles. The number of allylic oxidation sites excluding steroid dienone is 2. The summed E-state index contributed by atoms with van der Waals surface area (Å²) in [5, 5.41) is 0. The topological polar surface area (TPSA) is 80.8 Å². The Kier molecular flexibility index (Phi) is 5.20. The van der Waals surface area contributed by atoms with Crippen molar-refractivity contribution in [2.75, 3.05) is 0 Å². The van der Waals surface area contributed by atoms with Crippen molar-refractivity contribution in [1.29, 1.82) is 0 Å². The number of Topliss-reactive ketones (excluding diaryl/α,β-unsaturated/α-hetero) is 1. The molecule has 2 amide bonds. The standard InChI is InChI=1S/C29H27NO5/c1-16(26(31)18-10-6-3-7-11-18)35-29(34)23(14-17-8-4-2-5-9-17)30-27(32)24-19-12-13-20(22-15-21(19)22)25(24)28(30)33/h2-13,16,19-25H,14-15H2,1H3/t16-,19-,20-,21-,22-,23-,24+,25+/m0/s1. The summed E-state index contributed by atoms with van der Waals surface area (Å²) >= 11 is 0. The molecule has 0 aromatic heterocycles. The highest BCUT2D eigenvalue weighted by Crippen LogP contribution is 2.65. The van der Waals surface area contributed by atoms with Crippen molar-refractivity contribution in [3.63, 3.8) is 0 Å². The van der Waals surface area contributed by atoms with Gasteiger partial charge < -0.3 is 4.74 Å². The zero-order valence-corrected chi connectivity index (χ0v) is 19.4. The van der Waals surface area contributed by atoms with Crippen molar-refractivity contribution in [2.24, 2.45) is 35.5 Å². The van der Waals surface area contributed by atoms with Crippen LogP contribution in [-0.4, -0.2) is 40.6 Å². The molecular weight excluding hydrogens is 442 g/mol. The number of ketones is 1. The number of likely N-dealkylation sites (tertiary alicyclic amines) is 1. The summed E-state index contributed by atoms with van der Waals surface area (Å²) in [5.74, 6) is -1.28. The van der Waals surface area contributed by atoms with Crippen LogP contribution in [0.3, 0.4) is 0 Å². The van der Waals surface area contributed by atoms with Gasteiger partial charge in [0.15, 0.2) is 6.10 Å². The van der Waals surface area contributed by atoms with Gasteiger partial charge in [0.1, 0.15) is 6.04 Å². The number of amides is 2. The summed E-state index contributed by atoms with van der Waals surface area (Å²) in [4.78, 5) is 54.8. The molecule has 2 bridgehead atoms. The van der Waals surface area contributed by atoms with Gasteiger partial charge in [0, 0.05) is 12.0 Å². The van der Waals surface area contributed by atoms with Crippen LogP contribution in [0, 0.1) is 35.5 Å². The van der Waals surface area contributed by atoms with Gasteiger partial charge in [0.05, 0.1) is 11.8 Å². The van der Waals surface area contributed by atoms with Crippen molar-refractivity contribution < 1.29 is 23.9 Å². The zero-order valence-electron chi connectivity index (χ0n) is 19.4. The van der Waals surface area contributed by atoms with E-state index in [1.54, 1.807) is 30.3 Å². The van der Waals surface area contributed by atoms with Crippen LogP contribution in [0.15, 0.2) is 72.8 Å². The van der Waals surface area contributed by atoms with Crippen LogP contribution < -0.4 is 0 Å². The first-order valence-corrected chi connectivity index (χ1v) is 12.3. The van der Waals surface area contributed by atoms with Crippen LogP contribution in [-0.2, 0) is 25.5 Å². The molecule has 6 nitrogen and oxygen atoms in total. The lowest BCUT2D eigenvalue weighted by molar-refractivity contribution is -0.160. The molecule has 0 N–H and O–H groups in total. The Hall–Kier alpha value is -3.54. The molecular formula is C29H27NO5. The third-order valence-electron chi connectivity index (χ3n) is 8.27. The predicted octanol–water partition coefficient (Wildman–Crippen LogP) is 3.47. The minimum absolute atomic E-state index is 0.0726. The van der Waals surface area contributed by atoms with E-state index in [1.807, 2.05) is 30.3 Å². The number of esters is 1. The third kappa shape index (κ3) is 3.54. The van der Waals surface area contributed by atoms with E-state index in [0.29, 0.717) is 17.4 Å². The minimum atomic E-state index is -1.11. The van der Waals surface area contributed by atoms with Crippen LogP contribution in [0.2, 0.25) is 0 Å². The van der Waals surface area contributed by atoms with Gasteiger partial charge in [-0.3, -0.25) is 19.3 Å². The molecule has 2 aromatic carbocycles. The Balaban J connectivity index is 1.28. The van der Waals surface area contributed by atoms with Gasteiger partial charge in [0.25, 0.3) is 0 Å². The van der Waals surface area contributed by atoms with E-state index in [2.05, 4.69) is 12.2 Å². The van der Waals surface area contributed by atoms with Crippen molar-refractivity contribution in [2.45, 2.75) is 31.9 Å². The molecule has 2 saturated carbocycles. The molecule has 7 rings (SSSR count). The molecule has 0 spiro atoms. The second-order valence-electron chi connectivity index (χ2n) is 10.2. The number of benzene rings is 2. The Morgan fingerprint density at radius 1 is 0.886 bits per heavy atom. The number of rotatable bonds is 7. The summed E-state index contributed by atoms with van der Waals surface area (Å²) < 4.78 is 5.61. The summed E-state index contributed by atoms with van der Waals surface area (Å²) in [7, 11) is 0. The van der Waals surface area contributed by atoms with E-state index in [1.165, 1.54) is 11.8 Å². The number of carbonyl (C=O) groups excluding carboxylic acids is 4. The third-order valence-corrected chi connectivity index (χ3v) is 8.27. The molecule has 5 aliphatic rings. The van der Waals surface area contributed by atoms with Gasteiger partial charge in [-0.1, -0.05) is 72.8 Å². The summed E-state index contributed by atoms with van der Waals surface area (Å²) in [5.41, 5.74) is 1.25. The van der Waals surface area contributed by atoms with E-state index < -0.39 is 30.0 Å². The molecule has 3 fully saturated rings. The maximum Gasteiger partial charge on any atom is 0.330 e.